The molecule has 2 unspecified atom stereocenters. The van der Waals surface area contributed by atoms with Crippen molar-refractivity contribution < 1.29 is 9.47 Å². The molecular formula is C18H22N2O2. The van der Waals surface area contributed by atoms with Crippen LogP contribution in [0.1, 0.15) is 24.5 Å². The zero-order chi connectivity index (χ0) is 15.4. The molecule has 1 aromatic carbocycles. The van der Waals surface area contributed by atoms with Gasteiger partial charge in [0.15, 0.2) is 11.5 Å². The summed E-state index contributed by atoms with van der Waals surface area (Å²) in [7, 11) is 1.68. The highest BCUT2D eigenvalue weighted by atomic mass is 16.5. The molecule has 0 spiro atoms. The maximum Gasteiger partial charge on any atom is 0.161 e. The summed E-state index contributed by atoms with van der Waals surface area (Å²) in [5, 5.41) is 3.55. The Morgan fingerprint density at radius 1 is 1.14 bits per heavy atom. The van der Waals surface area contributed by atoms with E-state index in [0.717, 1.165) is 29.5 Å². The highest BCUT2D eigenvalue weighted by molar-refractivity contribution is 5.43. The fourth-order valence-corrected chi connectivity index (χ4v) is 2.44. The van der Waals surface area contributed by atoms with E-state index >= 15 is 0 Å². The van der Waals surface area contributed by atoms with E-state index in [2.05, 4.69) is 23.3 Å². The van der Waals surface area contributed by atoms with Crippen LogP contribution in [-0.2, 0) is 13.2 Å². The van der Waals surface area contributed by atoms with Gasteiger partial charge in [0.05, 0.1) is 7.11 Å². The van der Waals surface area contributed by atoms with Crippen LogP contribution in [0.3, 0.4) is 0 Å². The van der Waals surface area contributed by atoms with Gasteiger partial charge in [0.25, 0.3) is 0 Å². The maximum absolute atomic E-state index is 5.85. The normalized spacial score (nSPS) is 19.7. The molecule has 0 aliphatic heterocycles. The summed E-state index contributed by atoms with van der Waals surface area (Å²) in [5.41, 5.74) is 2.30. The van der Waals surface area contributed by atoms with Crippen LogP contribution in [0.15, 0.2) is 42.7 Å². The van der Waals surface area contributed by atoms with Gasteiger partial charge in [0.1, 0.15) is 6.61 Å². The van der Waals surface area contributed by atoms with Gasteiger partial charge in [-0.15, -0.1) is 0 Å². The van der Waals surface area contributed by atoms with Crippen LogP contribution in [0.4, 0.5) is 0 Å². The second-order valence-electron chi connectivity index (χ2n) is 5.83. The fourth-order valence-electron chi connectivity index (χ4n) is 2.44. The summed E-state index contributed by atoms with van der Waals surface area (Å²) in [6.07, 6.45) is 4.82. The predicted molar refractivity (Wildman–Crippen MR) is 86.0 cm³/mol. The van der Waals surface area contributed by atoms with E-state index < -0.39 is 0 Å². The topological polar surface area (TPSA) is 43.4 Å². The molecule has 4 heteroatoms. The fraction of sp³-hybridized carbons (Fsp3) is 0.389. The van der Waals surface area contributed by atoms with Gasteiger partial charge in [-0.2, -0.15) is 0 Å². The van der Waals surface area contributed by atoms with E-state index in [9.17, 15) is 0 Å². The molecule has 0 saturated heterocycles. The highest BCUT2D eigenvalue weighted by Gasteiger charge is 2.31. The van der Waals surface area contributed by atoms with Crippen molar-refractivity contribution in [1.82, 2.24) is 10.3 Å². The maximum atomic E-state index is 5.85. The summed E-state index contributed by atoms with van der Waals surface area (Å²) < 4.78 is 11.3. The summed E-state index contributed by atoms with van der Waals surface area (Å²) in [6.45, 7) is 3.65. The largest absolute Gasteiger partial charge is 0.493 e. The molecule has 3 rings (SSSR count). The zero-order valence-corrected chi connectivity index (χ0v) is 13.1. The molecule has 1 heterocycles. The van der Waals surface area contributed by atoms with Crippen molar-refractivity contribution in [3.05, 3.63) is 53.9 Å². The third-order valence-corrected chi connectivity index (χ3v) is 4.05. The number of rotatable bonds is 7. The molecule has 0 bridgehead atoms. The van der Waals surface area contributed by atoms with Gasteiger partial charge in [0.2, 0.25) is 0 Å². The van der Waals surface area contributed by atoms with Crippen molar-refractivity contribution in [3.8, 4) is 11.5 Å². The van der Waals surface area contributed by atoms with E-state index in [1.54, 1.807) is 19.5 Å². The Hall–Kier alpha value is -2.07. The molecule has 1 fully saturated rings. The average molecular weight is 298 g/mol. The smallest absolute Gasteiger partial charge is 0.161 e. The molecular weight excluding hydrogens is 276 g/mol. The molecule has 2 aromatic rings. The van der Waals surface area contributed by atoms with E-state index in [-0.39, 0.29) is 0 Å². The Morgan fingerprint density at radius 3 is 2.59 bits per heavy atom. The number of aromatic nitrogens is 1. The van der Waals surface area contributed by atoms with E-state index in [1.165, 1.54) is 12.0 Å². The van der Waals surface area contributed by atoms with E-state index in [0.29, 0.717) is 12.6 Å². The molecule has 1 N–H and O–H groups in total. The van der Waals surface area contributed by atoms with Gasteiger partial charge in [-0.25, -0.2) is 0 Å². The van der Waals surface area contributed by atoms with E-state index in [4.69, 9.17) is 9.47 Å². The third kappa shape index (κ3) is 3.77. The van der Waals surface area contributed by atoms with Crippen LogP contribution in [0.5, 0.6) is 11.5 Å². The van der Waals surface area contributed by atoms with Crippen molar-refractivity contribution in [2.45, 2.75) is 32.5 Å². The first-order chi connectivity index (χ1) is 10.8. The van der Waals surface area contributed by atoms with Crippen LogP contribution < -0.4 is 14.8 Å². The monoisotopic (exact) mass is 298 g/mol. The van der Waals surface area contributed by atoms with Crippen LogP contribution in [0.2, 0.25) is 0 Å². The number of hydrogen-bond donors (Lipinski definition) is 1. The zero-order valence-electron chi connectivity index (χ0n) is 13.1. The van der Waals surface area contributed by atoms with Crippen LogP contribution in [0.25, 0.3) is 0 Å². The number of ether oxygens (including phenoxy) is 2. The Balaban J connectivity index is 1.61. The lowest BCUT2D eigenvalue weighted by molar-refractivity contribution is 0.284. The Morgan fingerprint density at radius 2 is 1.91 bits per heavy atom. The quantitative estimate of drug-likeness (QED) is 0.852. The number of benzene rings is 1. The second kappa shape index (κ2) is 6.79. The summed E-state index contributed by atoms with van der Waals surface area (Å²) in [5.74, 6) is 2.35. The second-order valence-corrected chi connectivity index (χ2v) is 5.83. The molecule has 1 aliphatic rings. The molecule has 2 atom stereocenters. The molecule has 116 valence electrons. The Labute approximate surface area is 131 Å². The first-order valence-corrected chi connectivity index (χ1v) is 7.68. The lowest BCUT2D eigenvalue weighted by Crippen LogP contribution is -2.17. The minimum atomic E-state index is 0.510. The van der Waals surface area contributed by atoms with Gasteiger partial charge in [-0.05, 0) is 47.7 Å². The molecule has 1 saturated carbocycles. The number of pyridine rings is 1. The Kier molecular flexibility index (Phi) is 4.59. The van der Waals surface area contributed by atoms with Gasteiger partial charge >= 0.3 is 0 Å². The van der Waals surface area contributed by atoms with Crippen LogP contribution in [0, 0.1) is 5.92 Å². The number of hydrogen-bond acceptors (Lipinski definition) is 4. The summed E-state index contributed by atoms with van der Waals surface area (Å²) in [6, 6.07) is 10.7. The Bertz CT molecular complexity index is 616. The van der Waals surface area contributed by atoms with Gasteiger partial charge < -0.3 is 14.8 Å². The lowest BCUT2D eigenvalue weighted by Gasteiger charge is -2.12. The lowest BCUT2D eigenvalue weighted by atomic mass is 10.2. The minimum absolute atomic E-state index is 0.510. The van der Waals surface area contributed by atoms with Crippen molar-refractivity contribution >= 4 is 0 Å². The van der Waals surface area contributed by atoms with Crippen molar-refractivity contribution in [3.63, 3.8) is 0 Å². The standard InChI is InChI=1S/C18H22N2O2/c1-13-9-16(13)20-11-15-3-4-17(18(10-15)21-2)22-12-14-5-7-19-8-6-14/h3-8,10,13,16,20H,9,11-12H2,1-2H3. The van der Waals surface area contributed by atoms with Gasteiger partial charge in [-0.3, -0.25) is 4.98 Å². The highest BCUT2D eigenvalue weighted by Crippen LogP contribution is 2.31. The van der Waals surface area contributed by atoms with Crippen LogP contribution in [-0.4, -0.2) is 18.1 Å². The molecule has 22 heavy (non-hydrogen) atoms. The summed E-state index contributed by atoms with van der Waals surface area (Å²) in [4.78, 5) is 4.00. The van der Waals surface area contributed by atoms with Crippen LogP contribution >= 0.6 is 0 Å². The molecule has 1 aliphatic carbocycles. The molecule has 4 nitrogen and oxygen atoms in total. The first-order valence-electron chi connectivity index (χ1n) is 7.68. The van der Waals surface area contributed by atoms with Crippen molar-refractivity contribution in [2.75, 3.05) is 7.11 Å². The molecule has 0 amide bonds. The third-order valence-electron chi connectivity index (χ3n) is 4.05. The molecule has 1 aromatic heterocycles. The molecule has 0 radical (unpaired) electrons. The number of nitrogens with zero attached hydrogens (tertiary/aromatic N) is 1. The first kappa shape index (κ1) is 14.9. The van der Waals surface area contributed by atoms with E-state index in [1.807, 2.05) is 24.3 Å². The van der Waals surface area contributed by atoms with Gasteiger partial charge in [0, 0.05) is 25.0 Å². The van der Waals surface area contributed by atoms with Crippen molar-refractivity contribution in [2.24, 2.45) is 5.92 Å². The predicted octanol–water partition coefficient (Wildman–Crippen LogP) is 3.17. The minimum Gasteiger partial charge on any atom is -0.493 e. The number of nitrogens with one attached hydrogen (secondary N) is 1. The average Bonchev–Trinajstić information content (AvgIpc) is 3.27. The number of methoxy groups -OCH3 is 1. The SMILES string of the molecule is COc1cc(CNC2CC2C)ccc1OCc1ccncc1. The van der Waals surface area contributed by atoms with Crippen molar-refractivity contribution in [1.29, 1.82) is 0 Å². The van der Waals surface area contributed by atoms with Gasteiger partial charge in [-0.1, -0.05) is 13.0 Å². The summed E-state index contributed by atoms with van der Waals surface area (Å²) >= 11 is 0.